The van der Waals surface area contributed by atoms with Gasteiger partial charge < -0.3 is 30.3 Å². The predicted octanol–water partition coefficient (Wildman–Crippen LogP) is 7.19. The van der Waals surface area contributed by atoms with Crippen LogP contribution in [0.4, 0.5) is 15.3 Å². The van der Waals surface area contributed by atoms with E-state index in [0.717, 1.165) is 16.7 Å². The van der Waals surface area contributed by atoms with Crippen LogP contribution in [0.1, 0.15) is 74.4 Å². The van der Waals surface area contributed by atoms with E-state index in [-0.39, 0.29) is 35.2 Å². The van der Waals surface area contributed by atoms with Crippen LogP contribution in [-0.2, 0) is 17.8 Å². The zero-order chi connectivity index (χ0) is 34.1. The molecule has 3 aromatic rings. The van der Waals surface area contributed by atoms with E-state index < -0.39 is 17.8 Å². The predicted molar refractivity (Wildman–Crippen MR) is 182 cm³/mol. The number of aliphatic hydroxyl groups is 1. The molecule has 0 unspecified atom stereocenters. The normalized spacial score (nSPS) is 16.2. The summed E-state index contributed by atoms with van der Waals surface area (Å²) in [4.78, 5) is 39.5. The lowest BCUT2D eigenvalue weighted by molar-refractivity contribution is 0.0490. The second-order valence-corrected chi connectivity index (χ2v) is 13.1. The first-order valence-electron chi connectivity index (χ1n) is 15.9. The monoisotopic (exact) mass is 665 g/mol. The zero-order valence-corrected chi connectivity index (χ0v) is 28.1. The van der Waals surface area contributed by atoms with Gasteiger partial charge in [0.2, 0.25) is 0 Å². The van der Waals surface area contributed by atoms with Gasteiger partial charge in [-0.25, -0.2) is 9.59 Å². The van der Waals surface area contributed by atoms with E-state index >= 15 is 0 Å². The molecule has 0 atom stereocenters. The summed E-state index contributed by atoms with van der Waals surface area (Å²) in [6.07, 6.45) is 2.15. The van der Waals surface area contributed by atoms with Crippen molar-refractivity contribution in [2.45, 2.75) is 83.6 Å². The Kier molecular flexibility index (Phi) is 12.1. The van der Waals surface area contributed by atoms with Crippen LogP contribution in [0.2, 0.25) is 5.02 Å². The van der Waals surface area contributed by atoms with E-state index in [4.69, 9.17) is 21.1 Å². The van der Waals surface area contributed by atoms with Crippen LogP contribution in [0.25, 0.3) is 11.1 Å². The molecule has 3 aromatic carbocycles. The Balaban J connectivity index is 1.47. The SMILES string of the molecule is COc1cc(C(=O)NCCCc2ccc(-c3ccccc3)c(N(C(=O)O)C3CCC(NC(=O)OC(C)(C)C)CC3)c2)c(Cl)cc1CO. The fourth-order valence-electron chi connectivity index (χ4n) is 5.87. The first-order chi connectivity index (χ1) is 22.4. The van der Waals surface area contributed by atoms with Crippen molar-refractivity contribution >= 4 is 35.4 Å². The van der Waals surface area contributed by atoms with Crippen LogP contribution >= 0.6 is 11.6 Å². The lowest BCUT2D eigenvalue weighted by Gasteiger charge is -2.36. The topological polar surface area (TPSA) is 137 Å². The number of hydrogen-bond donors (Lipinski definition) is 4. The third-order valence-corrected chi connectivity index (χ3v) is 8.42. The van der Waals surface area contributed by atoms with Gasteiger partial charge in [0.1, 0.15) is 11.4 Å². The van der Waals surface area contributed by atoms with Crippen molar-refractivity contribution in [3.05, 3.63) is 82.4 Å². The molecule has 4 N–H and O–H groups in total. The number of methoxy groups -OCH3 is 1. The molecule has 1 aliphatic carbocycles. The first-order valence-corrected chi connectivity index (χ1v) is 16.2. The Morgan fingerprint density at radius 1 is 1.00 bits per heavy atom. The van der Waals surface area contributed by atoms with Gasteiger partial charge in [0, 0.05) is 29.8 Å². The zero-order valence-electron chi connectivity index (χ0n) is 27.3. The average Bonchev–Trinajstić information content (AvgIpc) is 3.03. The highest BCUT2D eigenvalue weighted by Crippen LogP contribution is 2.37. The third-order valence-electron chi connectivity index (χ3n) is 8.11. The molecule has 10 nitrogen and oxygen atoms in total. The molecule has 0 bridgehead atoms. The van der Waals surface area contributed by atoms with Gasteiger partial charge in [0.05, 0.1) is 30.0 Å². The quantitative estimate of drug-likeness (QED) is 0.159. The molecule has 0 radical (unpaired) electrons. The summed E-state index contributed by atoms with van der Waals surface area (Å²) >= 11 is 6.29. The van der Waals surface area contributed by atoms with E-state index in [9.17, 15) is 24.6 Å². The third kappa shape index (κ3) is 9.62. The van der Waals surface area contributed by atoms with Gasteiger partial charge >= 0.3 is 12.2 Å². The minimum Gasteiger partial charge on any atom is -0.496 e. The molecular formula is C36H44ClN3O7. The van der Waals surface area contributed by atoms with Crippen molar-refractivity contribution in [1.29, 1.82) is 0 Å². The number of hydrogen-bond acceptors (Lipinski definition) is 6. The van der Waals surface area contributed by atoms with Gasteiger partial charge in [-0.2, -0.15) is 0 Å². The molecule has 1 aliphatic rings. The summed E-state index contributed by atoms with van der Waals surface area (Å²) in [6, 6.07) is 18.2. The van der Waals surface area contributed by atoms with E-state index in [1.165, 1.54) is 24.1 Å². The number of carbonyl (C=O) groups excluding carboxylic acids is 2. The second kappa shape index (κ2) is 16.0. The summed E-state index contributed by atoms with van der Waals surface area (Å²) in [5, 5.41) is 26.1. The lowest BCUT2D eigenvalue weighted by atomic mass is 9.89. The molecular weight excluding hydrogens is 622 g/mol. The smallest absolute Gasteiger partial charge is 0.412 e. The fourth-order valence-corrected chi connectivity index (χ4v) is 6.15. The number of rotatable bonds is 11. The van der Waals surface area contributed by atoms with Crippen LogP contribution in [0, 0.1) is 0 Å². The molecule has 4 rings (SSSR count). The molecule has 3 amide bonds. The summed E-state index contributed by atoms with van der Waals surface area (Å²) in [5.41, 5.74) is 3.42. The van der Waals surface area contributed by atoms with Crippen LogP contribution in [0.3, 0.4) is 0 Å². The number of benzene rings is 3. The van der Waals surface area contributed by atoms with E-state index in [1.807, 2.05) is 69.3 Å². The Bertz CT molecular complexity index is 1550. The second-order valence-electron chi connectivity index (χ2n) is 12.7. The highest BCUT2D eigenvalue weighted by molar-refractivity contribution is 6.34. The maximum absolute atomic E-state index is 12.9. The van der Waals surface area contributed by atoms with Crippen molar-refractivity contribution in [3.63, 3.8) is 0 Å². The number of carboxylic acid groups (broad SMARTS) is 1. The molecule has 252 valence electrons. The number of aryl methyl sites for hydroxylation is 1. The van der Waals surface area contributed by atoms with Crippen LogP contribution < -0.4 is 20.3 Å². The van der Waals surface area contributed by atoms with Gasteiger partial charge in [0.25, 0.3) is 5.91 Å². The molecule has 0 saturated heterocycles. The number of nitrogens with zero attached hydrogens (tertiary/aromatic N) is 1. The number of anilines is 1. The van der Waals surface area contributed by atoms with Crippen molar-refractivity contribution in [2.75, 3.05) is 18.6 Å². The van der Waals surface area contributed by atoms with Gasteiger partial charge in [-0.1, -0.05) is 54.1 Å². The standard InChI is InChI=1S/C36H44ClN3O7/c1-36(2,3)47-34(43)39-26-13-15-27(16-14-26)40(35(44)45)31-19-23(12-17-28(31)24-10-6-5-7-11-24)9-8-18-38-33(42)29-21-32(46-4)25(22-41)20-30(29)37/h5-7,10-12,17,19-21,26-27,41H,8-9,13-16,18,22H2,1-4H3,(H,38,42)(H,39,43)(H,44,45). The number of halogens is 1. The Hall–Kier alpha value is -4.28. The largest absolute Gasteiger partial charge is 0.496 e. The summed E-state index contributed by atoms with van der Waals surface area (Å²) < 4.78 is 10.7. The molecule has 1 fully saturated rings. The van der Waals surface area contributed by atoms with Gasteiger partial charge in [-0.05, 0) is 88.6 Å². The number of alkyl carbamates (subject to hydrolysis) is 1. The van der Waals surface area contributed by atoms with Crippen molar-refractivity contribution < 1.29 is 34.1 Å². The average molecular weight is 666 g/mol. The molecule has 0 aromatic heterocycles. The Morgan fingerprint density at radius 3 is 2.32 bits per heavy atom. The van der Waals surface area contributed by atoms with Crippen molar-refractivity contribution in [3.8, 4) is 16.9 Å². The molecule has 1 saturated carbocycles. The number of ether oxygens (including phenoxy) is 2. The summed E-state index contributed by atoms with van der Waals surface area (Å²) in [6.45, 7) is 5.55. The summed E-state index contributed by atoms with van der Waals surface area (Å²) in [7, 11) is 1.46. The number of amides is 3. The summed E-state index contributed by atoms with van der Waals surface area (Å²) in [5.74, 6) is 0.0237. The number of nitrogens with one attached hydrogen (secondary N) is 2. The minimum absolute atomic E-state index is 0.0875. The maximum atomic E-state index is 12.9. The maximum Gasteiger partial charge on any atom is 0.412 e. The molecule has 0 heterocycles. The van der Waals surface area contributed by atoms with Crippen LogP contribution in [0.15, 0.2) is 60.7 Å². The number of aliphatic hydroxyl groups excluding tert-OH is 1. The van der Waals surface area contributed by atoms with Crippen LogP contribution in [-0.4, -0.2) is 59.6 Å². The first kappa shape index (κ1) is 35.6. The van der Waals surface area contributed by atoms with E-state index in [1.54, 1.807) is 0 Å². The van der Waals surface area contributed by atoms with Crippen molar-refractivity contribution in [2.24, 2.45) is 0 Å². The minimum atomic E-state index is -1.03. The Morgan fingerprint density at radius 2 is 1.70 bits per heavy atom. The lowest BCUT2D eigenvalue weighted by Crippen LogP contribution is -2.47. The van der Waals surface area contributed by atoms with Gasteiger partial charge in [-0.15, -0.1) is 0 Å². The molecule has 47 heavy (non-hydrogen) atoms. The highest BCUT2D eigenvalue weighted by Gasteiger charge is 2.32. The fraction of sp³-hybridized carbons (Fsp3) is 0.417. The molecule has 0 spiro atoms. The van der Waals surface area contributed by atoms with Gasteiger partial charge in [0.15, 0.2) is 0 Å². The molecule has 11 heteroatoms. The van der Waals surface area contributed by atoms with E-state index in [0.29, 0.717) is 62.1 Å². The molecule has 0 aliphatic heterocycles. The Labute approximate surface area is 281 Å². The van der Waals surface area contributed by atoms with Gasteiger partial charge in [-0.3, -0.25) is 9.69 Å². The number of carbonyl (C=O) groups is 3. The van der Waals surface area contributed by atoms with Crippen molar-refractivity contribution in [1.82, 2.24) is 10.6 Å². The van der Waals surface area contributed by atoms with E-state index in [2.05, 4.69) is 10.6 Å². The highest BCUT2D eigenvalue weighted by atomic mass is 35.5. The van der Waals surface area contributed by atoms with Crippen LogP contribution in [0.5, 0.6) is 5.75 Å².